The number of hydrogen-bond donors (Lipinski definition) is 2. The highest BCUT2D eigenvalue weighted by atomic mass is 15.0. The molecule has 0 aliphatic heterocycles. The predicted molar refractivity (Wildman–Crippen MR) is 36.2 cm³/mol. The van der Waals surface area contributed by atoms with Gasteiger partial charge >= 0.3 is 0 Å². The molecule has 0 spiro atoms. The minimum atomic E-state index is -0.458. The van der Waals surface area contributed by atoms with Gasteiger partial charge in [0, 0.05) is 0 Å². The average molecular weight is 116 g/mol. The van der Waals surface area contributed by atoms with Gasteiger partial charge in [-0.25, -0.2) is 0 Å². The first-order valence-electron chi connectivity index (χ1n) is 3.08. The molecule has 0 saturated carbocycles. The van der Waals surface area contributed by atoms with E-state index in [2.05, 4.69) is 0 Å². The number of hydrogen-bond acceptors (Lipinski definition) is 2. The summed E-state index contributed by atoms with van der Waals surface area (Å²) < 4.78 is 0. The van der Waals surface area contributed by atoms with E-state index in [0.29, 0.717) is 5.92 Å². The first-order chi connectivity index (χ1) is 3.50. The molecule has 0 radical (unpaired) electrons. The SMILES string of the molecule is CCC(N)(N)C(C)C. The van der Waals surface area contributed by atoms with E-state index in [0.717, 1.165) is 6.42 Å². The van der Waals surface area contributed by atoms with Crippen LogP contribution >= 0.6 is 0 Å². The molecule has 0 saturated heterocycles. The number of rotatable bonds is 2. The van der Waals surface area contributed by atoms with Crippen LogP contribution in [0.1, 0.15) is 27.2 Å². The van der Waals surface area contributed by atoms with Crippen molar-refractivity contribution in [3.63, 3.8) is 0 Å². The Balaban J connectivity index is 3.71. The van der Waals surface area contributed by atoms with Gasteiger partial charge in [-0.05, 0) is 12.3 Å². The molecule has 0 atom stereocenters. The van der Waals surface area contributed by atoms with Crippen LogP contribution in [-0.4, -0.2) is 5.66 Å². The molecule has 2 nitrogen and oxygen atoms in total. The van der Waals surface area contributed by atoms with Gasteiger partial charge in [-0.3, -0.25) is 0 Å². The third-order valence-electron chi connectivity index (χ3n) is 1.69. The molecule has 2 heteroatoms. The minimum absolute atomic E-state index is 0.368. The summed E-state index contributed by atoms with van der Waals surface area (Å²) in [6, 6.07) is 0. The highest BCUT2D eigenvalue weighted by Crippen LogP contribution is 2.09. The molecule has 0 rings (SSSR count). The van der Waals surface area contributed by atoms with Gasteiger partial charge < -0.3 is 11.5 Å². The molecular formula is C6H16N2. The fraction of sp³-hybridized carbons (Fsp3) is 1.00. The van der Waals surface area contributed by atoms with Crippen LogP contribution < -0.4 is 11.5 Å². The third kappa shape index (κ3) is 1.80. The molecule has 8 heavy (non-hydrogen) atoms. The smallest absolute Gasteiger partial charge is 0.0657 e. The van der Waals surface area contributed by atoms with Crippen molar-refractivity contribution >= 4 is 0 Å². The summed E-state index contributed by atoms with van der Waals surface area (Å²) >= 11 is 0. The summed E-state index contributed by atoms with van der Waals surface area (Å²) in [6.07, 6.45) is 0.838. The fourth-order valence-electron chi connectivity index (χ4n) is 0.408. The topological polar surface area (TPSA) is 52.0 Å². The largest absolute Gasteiger partial charge is 0.313 e. The second kappa shape index (κ2) is 2.46. The van der Waals surface area contributed by atoms with Crippen molar-refractivity contribution in [2.75, 3.05) is 0 Å². The Kier molecular flexibility index (Phi) is 2.44. The van der Waals surface area contributed by atoms with Crippen molar-refractivity contribution < 1.29 is 0 Å². The lowest BCUT2D eigenvalue weighted by Crippen LogP contribution is -2.53. The van der Waals surface area contributed by atoms with E-state index in [-0.39, 0.29) is 0 Å². The summed E-state index contributed by atoms with van der Waals surface area (Å²) in [5, 5.41) is 0. The molecule has 0 amide bonds. The average Bonchev–Trinajstić information content (AvgIpc) is 1.67. The van der Waals surface area contributed by atoms with Crippen molar-refractivity contribution in [1.82, 2.24) is 0 Å². The summed E-state index contributed by atoms with van der Waals surface area (Å²) in [6.45, 7) is 6.06. The van der Waals surface area contributed by atoms with Crippen LogP contribution in [0.5, 0.6) is 0 Å². The van der Waals surface area contributed by atoms with E-state index in [1.807, 2.05) is 20.8 Å². The first-order valence-corrected chi connectivity index (χ1v) is 3.08. The maximum Gasteiger partial charge on any atom is 0.0657 e. The van der Waals surface area contributed by atoms with E-state index in [9.17, 15) is 0 Å². The maximum atomic E-state index is 5.64. The maximum absolute atomic E-state index is 5.64. The quantitative estimate of drug-likeness (QED) is 0.521. The van der Waals surface area contributed by atoms with Crippen molar-refractivity contribution in [2.45, 2.75) is 32.9 Å². The Morgan fingerprint density at radius 3 is 1.75 bits per heavy atom. The van der Waals surface area contributed by atoms with Gasteiger partial charge in [0.05, 0.1) is 5.66 Å². The number of nitrogens with two attached hydrogens (primary N) is 2. The highest BCUT2D eigenvalue weighted by molar-refractivity contribution is 4.77. The zero-order valence-corrected chi connectivity index (χ0v) is 5.94. The van der Waals surface area contributed by atoms with Crippen LogP contribution in [-0.2, 0) is 0 Å². The lowest BCUT2D eigenvalue weighted by molar-refractivity contribution is 0.310. The summed E-state index contributed by atoms with van der Waals surface area (Å²) in [7, 11) is 0. The third-order valence-corrected chi connectivity index (χ3v) is 1.69. The standard InChI is InChI=1S/C6H16N2/c1-4-6(7,8)5(2)3/h5H,4,7-8H2,1-3H3. The summed E-state index contributed by atoms with van der Waals surface area (Å²) in [5.74, 6) is 0.368. The van der Waals surface area contributed by atoms with Crippen LogP contribution in [0.4, 0.5) is 0 Å². The molecule has 0 aromatic rings. The van der Waals surface area contributed by atoms with Crippen molar-refractivity contribution in [2.24, 2.45) is 17.4 Å². The van der Waals surface area contributed by atoms with Crippen molar-refractivity contribution in [3.8, 4) is 0 Å². The Morgan fingerprint density at radius 2 is 1.75 bits per heavy atom. The Hall–Kier alpha value is -0.0800. The molecule has 0 heterocycles. The van der Waals surface area contributed by atoms with Gasteiger partial charge in [-0.15, -0.1) is 0 Å². The van der Waals surface area contributed by atoms with Crippen LogP contribution in [0.25, 0.3) is 0 Å². The molecular weight excluding hydrogens is 100 g/mol. The second-order valence-corrected chi connectivity index (χ2v) is 2.62. The normalized spacial score (nSPS) is 12.8. The van der Waals surface area contributed by atoms with Crippen LogP contribution in [0, 0.1) is 5.92 Å². The van der Waals surface area contributed by atoms with Crippen LogP contribution in [0.2, 0.25) is 0 Å². The van der Waals surface area contributed by atoms with E-state index in [4.69, 9.17) is 11.5 Å². The fourth-order valence-corrected chi connectivity index (χ4v) is 0.408. The molecule has 0 aromatic heterocycles. The van der Waals surface area contributed by atoms with E-state index in [1.54, 1.807) is 0 Å². The van der Waals surface area contributed by atoms with Crippen molar-refractivity contribution in [3.05, 3.63) is 0 Å². The molecule has 0 aliphatic carbocycles. The van der Waals surface area contributed by atoms with Gasteiger partial charge in [-0.1, -0.05) is 20.8 Å². The zero-order valence-electron chi connectivity index (χ0n) is 5.94. The van der Waals surface area contributed by atoms with E-state index < -0.39 is 5.66 Å². The molecule has 0 aromatic carbocycles. The molecule has 0 aliphatic rings. The lowest BCUT2D eigenvalue weighted by atomic mass is 9.96. The van der Waals surface area contributed by atoms with Gasteiger partial charge in [0.25, 0.3) is 0 Å². The molecule has 0 unspecified atom stereocenters. The molecule has 0 fully saturated rings. The van der Waals surface area contributed by atoms with Crippen LogP contribution in [0.3, 0.4) is 0 Å². The van der Waals surface area contributed by atoms with Crippen molar-refractivity contribution in [1.29, 1.82) is 0 Å². The highest BCUT2D eigenvalue weighted by Gasteiger charge is 2.19. The molecule has 4 N–H and O–H groups in total. The zero-order chi connectivity index (χ0) is 6.78. The van der Waals surface area contributed by atoms with Gasteiger partial charge in [0.2, 0.25) is 0 Å². The first kappa shape index (κ1) is 7.92. The Bertz CT molecular complexity index is 66.9. The predicted octanol–water partition coefficient (Wildman–Crippen LogP) is 0.666. The minimum Gasteiger partial charge on any atom is -0.313 e. The van der Waals surface area contributed by atoms with Gasteiger partial charge in [-0.2, -0.15) is 0 Å². The lowest BCUT2D eigenvalue weighted by Gasteiger charge is -2.26. The van der Waals surface area contributed by atoms with Crippen LogP contribution in [0.15, 0.2) is 0 Å². The Morgan fingerprint density at radius 1 is 1.38 bits per heavy atom. The Labute approximate surface area is 51.2 Å². The molecule has 50 valence electrons. The summed E-state index contributed by atoms with van der Waals surface area (Å²) in [4.78, 5) is 0. The summed E-state index contributed by atoms with van der Waals surface area (Å²) in [5.41, 5.74) is 10.8. The van der Waals surface area contributed by atoms with Gasteiger partial charge in [0.1, 0.15) is 0 Å². The van der Waals surface area contributed by atoms with E-state index >= 15 is 0 Å². The molecule has 0 bridgehead atoms. The van der Waals surface area contributed by atoms with Gasteiger partial charge in [0.15, 0.2) is 0 Å². The monoisotopic (exact) mass is 116 g/mol. The second-order valence-electron chi connectivity index (χ2n) is 2.62. The van der Waals surface area contributed by atoms with E-state index in [1.165, 1.54) is 0 Å².